The first-order valence-electron chi connectivity index (χ1n) is 10.1. The van der Waals surface area contributed by atoms with Gasteiger partial charge in [0, 0.05) is 29.4 Å². The fourth-order valence-electron chi connectivity index (χ4n) is 4.08. The van der Waals surface area contributed by atoms with E-state index in [1.54, 1.807) is 24.8 Å². The van der Waals surface area contributed by atoms with E-state index in [9.17, 15) is 5.11 Å². The number of benzene rings is 1. The van der Waals surface area contributed by atoms with E-state index < -0.39 is 0 Å². The van der Waals surface area contributed by atoms with Crippen molar-refractivity contribution >= 4 is 22.5 Å². The molecule has 0 radical (unpaired) electrons. The van der Waals surface area contributed by atoms with Crippen molar-refractivity contribution in [2.75, 3.05) is 25.0 Å². The molecule has 1 aromatic carbocycles. The van der Waals surface area contributed by atoms with E-state index in [2.05, 4.69) is 25.6 Å². The van der Waals surface area contributed by atoms with Gasteiger partial charge in [0.2, 0.25) is 0 Å². The number of aromatic nitrogens is 5. The Kier molecular flexibility index (Phi) is 4.86. The Morgan fingerprint density at radius 1 is 1.07 bits per heavy atom. The van der Waals surface area contributed by atoms with Crippen molar-refractivity contribution in [2.24, 2.45) is 0 Å². The van der Waals surface area contributed by atoms with E-state index >= 15 is 0 Å². The van der Waals surface area contributed by atoms with E-state index in [1.807, 2.05) is 41.1 Å². The summed E-state index contributed by atoms with van der Waals surface area (Å²) in [4.78, 5) is 13.0. The molecule has 8 heteroatoms. The Bertz CT molecular complexity index is 1150. The average molecular weight is 401 g/mol. The van der Waals surface area contributed by atoms with Gasteiger partial charge in [-0.1, -0.05) is 12.1 Å². The van der Waals surface area contributed by atoms with Gasteiger partial charge in [0.15, 0.2) is 5.82 Å². The lowest BCUT2D eigenvalue weighted by Gasteiger charge is -2.35. The third kappa shape index (κ3) is 3.30. The van der Waals surface area contributed by atoms with Crippen molar-refractivity contribution in [1.29, 1.82) is 0 Å². The number of piperidine rings is 1. The summed E-state index contributed by atoms with van der Waals surface area (Å²) in [5, 5.41) is 22.6. The fourth-order valence-corrected chi connectivity index (χ4v) is 4.08. The van der Waals surface area contributed by atoms with Crippen LogP contribution in [-0.4, -0.2) is 49.5 Å². The maximum absolute atomic E-state index is 10.2. The lowest BCUT2D eigenvalue weighted by atomic mass is 9.76. The molecule has 8 nitrogen and oxygen atoms in total. The molecule has 0 atom stereocenters. The highest BCUT2D eigenvalue weighted by Crippen LogP contribution is 2.33. The van der Waals surface area contributed by atoms with Crippen molar-refractivity contribution in [3.63, 3.8) is 0 Å². The summed E-state index contributed by atoms with van der Waals surface area (Å²) in [5.74, 6) is 1.35. The normalized spacial score (nSPS) is 15.9. The highest BCUT2D eigenvalue weighted by atomic mass is 16.3. The zero-order valence-electron chi connectivity index (χ0n) is 16.5. The van der Waals surface area contributed by atoms with Crippen LogP contribution in [0.2, 0.25) is 0 Å². The molecule has 0 bridgehead atoms. The molecule has 0 spiro atoms. The number of rotatable bonds is 5. The first kappa shape index (κ1) is 18.7. The predicted molar refractivity (Wildman–Crippen MR) is 115 cm³/mol. The quantitative estimate of drug-likeness (QED) is 0.472. The number of nitrogens with one attached hydrogen (secondary N) is 2. The lowest BCUT2D eigenvalue weighted by Crippen LogP contribution is -2.43. The molecule has 5 rings (SSSR count). The maximum Gasteiger partial charge on any atom is 0.162 e. The van der Waals surface area contributed by atoms with Crippen molar-refractivity contribution in [2.45, 2.75) is 18.3 Å². The second-order valence-electron chi connectivity index (χ2n) is 7.58. The van der Waals surface area contributed by atoms with Gasteiger partial charge in [-0.3, -0.25) is 9.97 Å². The van der Waals surface area contributed by atoms with Crippen LogP contribution in [0.5, 0.6) is 0 Å². The number of anilines is 2. The minimum Gasteiger partial charge on any atom is -0.395 e. The summed E-state index contributed by atoms with van der Waals surface area (Å²) in [6.45, 7) is 1.84. The van der Waals surface area contributed by atoms with Gasteiger partial charge < -0.3 is 15.7 Å². The van der Waals surface area contributed by atoms with Crippen molar-refractivity contribution in [3.05, 3.63) is 66.9 Å². The highest BCUT2D eigenvalue weighted by molar-refractivity contribution is 5.92. The Balaban J connectivity index is 1.58. The molecule has 3 N–H and O–H groups in total. The Labute approximate surface area is 174 Å². The summed E-state index contributed by atoms with van der Waals surface area (Å²) in [5.41, 5.74) is 2.48. The van der Waals surface area contributed by atoms with E-state index in [0.717, 1.165) is 48.2 Å². The summed E-state index contributed by atoms with van der Waals surface area (Å²) in [6, 6.07) is 12.0. The van der Waals surface area contributed by atoms with E-state index in [0.29, 0.717) is 11.6 Å². The van der Waals surface area contributed by atoms with Crippen molar-refractivity contribution < 1.29 is 5.11 Å². The van der Waals surface area contributed by atoms with Gasteiger partial charge in [-0.2, -0.15) is 0 Å². The molecule has 4 heterocycles. The third-order valence-electron chi connectivity index (χ3n) is 5.79. The van der Waals surface area contributed by atoms with Crippen LogP contribution in [0.4, 0.5) is 11.6 Å². The largest absolute Gasteiger partial charge is 0.395 e. The smallest absolute Gasteiger partial charge is 0.162 e. The van der Waals surface area contributed by atoms with Crippen molar-refractivity contribution in [3.8, 4) is 5.69 Å². The van der Waals surface area contributed by atoms with Crippen LogP contribution in [0.3, 0.4) is 0 Å². The number of aliphatic hydroxyl groups excluding tert-OH is 1. The standard InChI is InChI=1S/C22H23N7O/c30-15-22(6-9-23-10-7-22)19-13-16(5-8-25-19)29-18-4-2-1-3-17(18)21(28-29)27-20-14-24-11-12-26-20/h1-5,8,11-14,23,30H,6-7,9-10,15H2,(H,26,27,28). The molecule has 1 fully saturated rings. The number of fused-ring (bicyclic) bond motifs is 1. The second kappa shape index (κ2) is 7.81. The van der Waals surface area contributed by atoms with E-state index in [-0.39, 0.29) is 12.0 Å². The number of para-hydroxylation sites is 1. The molecule has 1 aliphatic rings. The zero-order valence-corrected chi connectivity index (χ0v) is 16.5. The first-order valence-corrected chi connectivity index (χ1v) is 10.1. The molecule has 3 aromatic heterocycles. The Morgan fingerprint density at radius 2 is 1.93 bits per heavy atom. The number of nitrogens with zero attached hydrogens (tertiary/aromatic N) is 5. The number of pyridine rings is 1. The second-order valence-corrected chi connectivity index (χ2v) is 7.58. The van der Waals surface area contributed by atoms with Gasteiger partial charge >= 0.3 is 0 Å². The van der Waals surface area contributed by atoms with Gasteiger partial charge in [0.1, 0.15) is 5.82 Å². The summed E-state index contributed by atoms with van der Waals surface area (Å²) < 4.78 is 1.91. The predicted octanol–water partition coefficient (Wildman–Crippen LogP) is 2.57. The van der Waals surface area contributed by atoms with Crippen LogP contribution in [0.25, 0.3) is 16.6 Å². The number of aliphatic hydroxyl groups is 1. The molecule has 0 unspecified atom stereocenters. The van der Waals surface area contributed by atoms with Crippen LogP contribution in [-0.2, 0) is 5.41 Å². The molecule has 0 amide bonds. The van der Waals surface area contributed by atoms with Crippen LogP contribution < -0.4 is 10.6 Å². The Morgan fingerprint density at radius 3 is 2.73 bits per heavy atom. The molecule has 1 saturated heterocycles. The van der Waals surface area contributed by atoms with Gasteiger partial charge in [-0.05, 0) is 50.2 Å². The maximum atomic E-state index is 10.2. The lowest BCUT2D eigenvalue weighted by molar-refractivity contribution is 0.154. The molecule has 1 aliphatic heterocycles. The molecule has 0 saturated carbocycles. The number of hydrogen-bond acceptors (Lipinski definition) is 7. The van der Waals surface area contributed by atoms with Crippen molar-refractivity contribution in [1.82, 2.24) is 30.0 Å². The van der Waals surface area contributed by atoms with Gasteiger partial charge in [0.05, 0.1) is 29.7 Å². The zero-order chi connectivity index (χ0) is 20.4. The fraction of sp³-hybridized carbons (Fsp3) is 0.273. The minimum absolute atomic E-state index is 0.0878. The van der Waals surface area contributed by atoms with Crippen LogP contribution in [0.1, 0.15) is 18.5 Å². The molecular weight excluding hydrogens is 378 g/mol. The van der Waals surface area contributed by atoms with Gasteiger partial charge in [0.25, 0.3) is 0 Å². The average Bonchev–Trinajstić information content (AvgIpc) is 3.19. The highest BCUT2D eigenvalue weighted by Gasteiger charge is 2.35. The summed E-state index contributed by atoms with van der Waals surface area (Å²) >= 11 is 0. The van der Waals surface area contributed by atoms with Crippen LogP contribution in [0, 0.1) is 0 Å². The SMILES string of the molecule is OCC1(c2cc(-n3nc(Nc4cnccn4)c4ccccc43)ccn2)CCNCC1. The third-order valence-corrected chi connectivity index (χ3v) is 5.79. The van der Waals surface area contributed by atoms with E-state index in [4.69, 9.17) is 5.10 Å². The van der Waals surface area contributed by atoms with E-state index in [1.165, 1.54) is 0 Å². The molecular formula is C22H23N7O. The topological polar surface area (TPSA) is 101 Å². The molecule has 0 aliphatic carbocycles. The molecule has 4 aromatic rings. The summed E-state index contributed by atoms with van der Waals surface area (Å²) in [6.07, 6.45) is 8.47. The first-order chi connectivity index (χ1) is 14.8. The molecule has 30 heavy (non-hydrogen) atoms. The van der Waals surface area contributed by atoms with Gasteiger partial charge in [-0.15, -0.1) is 5.10 Å². The van der Waals surface area contributed by atoms with Gasteiger partial charge in [-0.25, -0.2) is 9.67 Å². The molecule has 152 valence electrons. The van der Waals surface area contributed by atoms with Crippen LogP contribution in [0.15, 0.2) is 61.2 Å². The Hall–Kier alpha value is -3.36. The van der Waals surface area contributed by atoms with Crippen LogP contribution >= 0.6 is 0 Å². The minimum atomic E-state index is -0.315. The number of hydrogen-bond donors (Lipinski definition) is 3. The monoisotopic (exact) mass is 401 g/mol. The summed E-state index contributed by atoms with van der Waals surface area (Å²) in [7, 11) is 0.